The summed E-state index contributed by atoms with van der Waals surface area (Å²) in [5, 5.41) is 0. The first-order chi connectivity index (χ1) is 10.1. The number of benzene rings is 1. The van der Waals surface area contributed by atoms with Gasteiger partial charge in [0.05, 0.1) is 0 Å². The van der Waals surface area contributed by atoms with E-state index >= 15 is 0 Å². The Hall–Kier alpha value is -1.24. The molecule has 0 amide bonds. The Bertz CT molecular complexity index is 327. The molecule has 0 N–H and O–H groups in total. The Morgan fingerprint density at radius 2 is 1.62 bits per heavy atom. The molecule has 0 aliphatic heterocycles. The maximum absolute atomic E-state index is 2.35. The summed E-state index contributed by atoms with van der Waals surface area (Å²) >= 11 is 0. The number of rotatable bonds is 6. The Kier molecular flexibility index (Phi) is 17.7. The molecule has 0 bridgehead atoms. The van der Waals surface area contributed by atoms with E-state index in [1.165, 1.54) is 37.1 Å². The fraction of sp³-hybridized carbons (Fsp3) is 0.600. The monoisotopic (exact) mass is 291 g/mol. The number of allylic oxidation sites excluding steroid dienone is 2. The lowest BCUT2D eigenvalue weighted by molar-refractivity contribution is 0.401. The summed E-state index contributed by atoms with van der Waals surface area (Å²) < 4.78 is 0. The van der Waals surface area contributed by atoms with E-state index in [1.807, 2.05) is 32.0 Å². The summed E-state index contributed by atoms with van der Waals surface area (Å²) in [7, 11) is 2.18. The molecule has 0 heterocycles. The predicted molar refractivity (Wildman–Crippen MR) is 98.7 cm³/mol. The topological polar surface area (TPSA) is 3.24 Å². The van der Waals surface area contributed by atoms with Crippen molar-refractivity contribution in [2.24, 2.45) is 0 Å². The van der Waals surface area contributed by atoms with Crippen molar-refractivity contribution >= 4 is 0 Å². The van der Waals surface area contributed by atoms with Crippen molar-refractivity contribution in [3.63, 3.8) is 0 Å². The molecule has 0 fully saturated rings. The van der Waals surface area contributed by atoms with Crippen LogP contribution in [0, 0.1) is 6.92 Å². The van der Waals surface area contributed by atoms with E-state index < -0.39 is 0 Å². The van der Waals surface area contributed by atoms with Crippen LogP contribution in [-0.4, -0.2) is 18.5 Å². The van der Waals surface area contributed by atoms with E-state index in [0.717, 1.165) is 6.42 Å². The lowest BCUT2D eigenvalue weighted by Crippen LogP contribution is -2.17. The van der Waals surface area contributed by atoms with Gasteiger partial charge in [-0.1, -0.05) is 82.5 Å². The minimum absolute atomic E-state index is 1.14. The highest BCUT2D eigenvalue weighted by atomic mass is 15.1. The summed E-state index contributed by atoms with van der Waals surface area (Å²) in [5.41, 5.74) is 2.73. The molecular formula is C20H37N. The molecule has 1 nitrogen and oxygen atoms in total. The van der Waals surface area contributed by atoms with Gasteiger partial charge >= 0.3 is 0 Å². The fourth-order valence-corrected chi connectivity index (χ4v) is 1.76. The molecule has 0 aliphatic rings. The van der Waals surface area contributed by atoms with Crippen LogP contribution in [0.25, 0.3) is 0 Å². The van der Waals surface area contributed by atoms with Crippen LogP contribution in [-0.2, 0) is 0 Å². The van der Waals surface area contributed by atoms with Gasteiger partial charge in [-0.15, -0.1) is 0 Å². The Morgan fingerprint density at radius 3 is 2.00 bits per heavy atom. The third-order valence-corrected chi connectivity index (χ3v) is 3.14. The minimum atomic E-state index is 1.14. The maximum Gasteiger partial charge on any atom is 0.0171 e. The van der Waals surface area contributed by atoms with Gasteiger partial charge in [-0.2, -0.15) is 0 Å². The van der Waals surface area contributed by atoms with Crippen LogP contribution >= 0.6 is 0 Å². The van der Waals surface area contributed by atoms with Crippen molar-refractivity contribution < 1.29 is 0 Å². The molecule has 0 spiro atoms. The SMILES string of the molecule is CC.CCC=C(C)N(C)CCCCC.Cc1ccccc1. The van der Waals surface area contributed by atoms with Gasteiger partial charge < -0.3 is 4.90 Å². The molecule has 0 radical (unpaired) electrons. The number of hydrogen-bond acceptors (Lipinski definition) is 1. The predicted octanol–water partition coefficient (Wildman–Crippen LogP) is 6.44. The molecule has 0 unspecified atom stereocenters. The number of nitrogens with zero attached hydrogens (tertiary/aromatic N) is 1. The van der Waals surface area contributed by atoms with Crippen LogP contribution in [0.15, 0.2) is 42.1 Å². The average molecular weight is 292 g/mol. The molecular weight excluding hydrogens is 254 g/mol. The van der Waals surface area contributed by atoms with Crippen LogP contribution in [0.3, 0.4) is 0 Å². The van der Waals surface area contributed by atoms with Crippen LogP contribution in [0.4, 0.5) is 0 Å². The van der Waals surface area contributed by atoms with Gasteiger partial charge in [-0.3, -0.25) is 0 Å². The first-order valence-corrected chi connectivity index (χ1v) is 8.51. The van der Waals surface area contributed by atoms with E-state index in [2.05, 4.69) is 57.9 Å². The smallest absolute Gasteiger partial charge is 0.0171 e. The summed E-state index contributed by atoms with van der Waals surface area (Å²) in [5.74, 6) is 0. The van der Waals surface area contributed by atoms with Gasteiger partial charge in [0.1, 0.15) is 0 Å². The molecule has 0 saturated carbocycles. The molecule has 122 valence electrons. The summed E-state index contributed by atoms with van der Waals surface area (Å²) in [6.45, 7) is 13.9. The van der Waals surface area contributed by atoms with Crippen LogP contribution in [0.1, 0.15) is 65.9 Å². The third kappa shape index (κ3) is 15.0. The molecule has 0 saturated heterocycles. The van der Waals surface area contributed by atoms with Gasteiger partial charge in [0.25, 0.3) is 0 Å². The van der Waals surface area contributed by atoms with Crippen molar-refractivity contribution in [3.05, 3.63) is 47.7 Å². The first kappa shape index (κ1) is 22.0. The van der Waals surface area contributed by atoms with Gasteiger partial charge in [-0.05, 0) is 26.7 Å². The number of aryl methyl sites for hydroxylation is 1. The van der Waals surface area contributed by atoms with Gasteiger partial charge in [0, 0.05) is 19.3 Å². The summed E-state index contributed by atoms with van der Waals surface area (Å²) in [6, 6.07) is 10.3. The van der Waals surface area contributed by atoms with Crippen molar-refractivity contribution in [2.45, 2.75) is 67.2 Å². The van der Waals surface area contributed by atoms with Gasteiger partial charge in [0.2, 0.25) is 0 Å². The van der Waals surface area contributed by atoms with E-state index in [0.29, 0.717) is 0 Å². The minimum Gasteiger partial charge on any atom is -0.378 e. The summed E-state index contributed by atoms with van der Waals surface area (Å²) in [6.07, 6.45) is 7.41. The van der Waals surface area contributed by atoms with Gasteiger partial charge in [0.15, 0.2) is 0 Å². The standard InChI is InChI=1S/C11H23N.C7H8.C2H6/c1-5-7-8-10-12(4)11(3)9-6-2;1-7-5-3-2-4-6-7;1-2/h9H,5-8,10H2,1-4H3;2-6H,1H3;1-2H3. The van der Waals surface area contributed by atoms with E-state index in [1.54, 1.807) is 0 Å². The molecule has 21 heavy (non-hydrogen) atoms. The second-order valence-electron chi connectivity index (χ2n) is 5.04. The number of hydrogen-bond donors (Lipinski definition) is 0. The number of unbranched alkanes of at least 4 members (excludes halogenated alkanes) is 2. The zero-order valence-corrected chi connectivity index (χ0v) is 15.4. The second kappa shape index (κ2) is 16.8. The van der Waals surface area contributed by atoms with Crippen LogP contribution < -0.4 is 0 Å². The normalized spacial score (nSPS) is 9.95. The lowest BCUT2D eigenvalue weighted by Gasteiger charge is -2.19. The molecule has 1 aromatic carbocycles. The quantitative estimate of drug-likeness (QED) is 0.545. The summed E-state index contributed by atoms with van der Waals surface area (Å²) in [4.78, 5) is 2.35. The molecule has 1 aromatic rings. The largest absolute Gasteiger partial charge is 0.378 e. The molecule has 1 rings (SSSR count). The Balaban J connectivity index is 0. The van der Waals surface area contributed by atoms with Crippen LogP contribution in [0.5, 0.6) is 0 Å². The Labute approximate surface area is 134 Å². The molecule has 0 atom stereocenters. The highest BCUT2D eigenvalue weighted by molar-refractivity contribution is 5.11. The maximum atomic E-state index is 2.35. The molecule has 0 aliphatic carbocycles. The van der Waals surface area contributed by atoms with E-state index in [-0.39, 0.29) is 0 Å². The van der Waals surface area contributed by atoms with Gasteiger partial charge in [-0.25, -0.2) is 0 Å². The average Bonchev–Trinajstić information content (AvgIpc) is 2.51. The Morgan fingerprint density at radius 1 is 1.05 bits per heavy atom. The fourth-order valence-electron chi connectivity index (χ4n) is 1.76. The highest BCUT2D eigenvalue weighted by Crippen LogP contribution is 2.04. The van der Waals surface area contributed by atoms with Crippen molar-refractivity contribution in [1.82, 2.24) is 4.90 Å². The molecule has 0 aromatic heterocycles. The first-order valence-electron chi connectivity index (χ1n) is 8.51. The van der Waals surface area contributed by atoms with E-state index in [9.17, 15) is 0 Å². The van der Waals surface area contributed by atoms with Crippen molar-refractivity contribution in [2.75, 3.05) is 13.6 Å². The van der Waals surface area contributed by atoms with Crippen molar-refractivity contribution in [3.8, 4) is 0 Å². The second-order valence-corrected chi connectivity index (χ2v) is 5.04. The molecule has 1 heteroatoms. The highest BCUT2D eigenvalue weighted by Gasteiger charge is 1.96. The third-order valence-electron chi connectivity index (χ3n) is 3.14. The van der Waals surface area contributed by atoms with Crippen LogP contribution in [0.2, 0.25) is 0 Å². The van der Waals surface area contributed by atoms with E-state index in [4.69, 9.17) is 0 Å². The van der Waals surface area contributed by atoms with Crippen molar-refractivity contribution in [1.29, 1.82) is 0 Å². The zero-order valence-electron chi connectivity index (χ0n) is 15.4. The zero-order chi connectivity index (χ0) is 16.5. The lowest BCUT2D eigenvalue weighted by atomic mass is 10.2.